The smallest absolute Gasteiger partial charge is 0.224 e. The van der Waals surface area contributed by atoms with E-state index in [0.717, 1.165) is 54.5 Å². The number of rotatable bonds is 10. The van der Waals surface area contributed by atoms with E-state index in [4.69, 9.17) is 9.84 Å². The fourth-order valence-corrected chi connectivity index (χ4v) is 2.70. The number of nitrogens with one attached hydrogen (secondary N) is 2. The van der Waals surface area contributed by atoms with E-state index in [1.807, 2.05) is 67.6 Å². The molecule has 0 bridgehead atoms. The van der Waals surface area contributed by atoms with Crippen molar-refractivity contribution in [3.63, 3.8) is 0 Å². The molecular weight excluding hydrogens is 352 g/mol. The van der Waals surface area contributed by atoms with Crippen LogP contribution in [0.25, 0.3) is 0 Å². The van der Waals surface area contributed by atoms with Crippen molar-refractivity contribution in [2.75, 3.05) is 23.8 Å². The molecule has 3 rings (SSSR count). The summed E-state index contributed by atoms with van der Waals surface area (Å²) in [5.41, 5.74) is 1.81. The number of anilines is 3. The van der Waals surface area contributed by atoms with Crippen molar-refractivity contribution >= 4 is 17.5 Å². The van der Waals surface area contributed by atoms with E-state index in [1.54, 1.807) is 0 Å². The summed E-state index contributed by atoms with van der Waals surface area (Å²) < 4.78 is 5.81. The molecule has 2 aromatic carbocycles. The van der Waals surface area contributed by atoms with E-state index < -0.39 is 0 Å². The molecule has 0 aliphatic carbocycles. The lowest BCUT2D eigenvalue weighted by Crippen LogP contribution is -2.08. The minimum absolute atomic E-state index is 0.240. The van der Waals surface area contributed by atoms with Crippen LogP contribution in [0.15, 0.2) is 60.7 Å². The van der Waals surface area contributed by atoms with Gasteiger partial charge in [0.25, 0.3) is 0 Å². The molecule has 0 aliphatic heterocycles. The Bertz CT molecular complexity index is 854. The predicted molar refractivity (Wildman–Crippen MR) is 112 cm³/mol. The van der Waals surface area contributed by atoms with Gasteiger partial charge >= 0.3 is 0 Å². The highest BCUT2D eigenvalue weighted by Crippen LogP contribution is 2.24. The van der Waals surface area contributed by atoms with Gasteiger partial charge < -0.3 is 20.5 Å². The maximum Gasteiger partial charge on any atom is 0.224 e. The molecule has 6 nitrogen and oxygen atoms in total. The molecule has 0 fully saturated rings. The summed E-state index contributed by atoms with van der Waals surface area (Å²) in [6, 6.07) is 19.4. The Morgan fingerprint density at radius 2 is 1.64 bits per heavy atom. The second-order valence-corrected chi connectivity index (χ2v) is 6.49. The quantitative estimate of drug-likeness (QED) is 0.436. The van der Waals surface area contributed by atoms with E-state index in [1.165, 1.54) is 0 Å². The maximum atomic E-state index is 8.83. The first kappa shape index (κ1) is 19.6. The highest BCUT2D eigenvalue weighted by molar-refractivity contribution is 5.58. The molecule has 3 N–H and O–H groups in total. The van der Waals surface area contributed by atoms with Gasteiger partial charge in [-0.3, -0.25) is 0 Å². The van der Waals surface area contributed by atoms with Gasteiger partial charge in [-0.2, -0.15) is 4.98 Å². The fraction of sp³-hybridized carbons (Fsp3) is 0.273. The Hall–Kier alpha value is -3.12. The zero-order valence-corrected chi connectivity index (χ0v) is 16.1. The molecule has 1 heterocycles. The van der Waals surface area contributed by atoms with Gasteiger partial charge in [-0.05, 0) is 62.6 Å². The van der Waals surface area contributed by atoms with Gasteiger partial charge in [-0.15, -0.1) is 0 Å². The molecule has 146 valence electrons. The topological polar surface area (TPSA) is 79.3 Å². The summed E-state index contributed by atoms with van der Waals surface area (Å²) in [5, 5.41) is 15.4. The lowest BCUT2D eigenvalue weighted by atomic mass is 10.2. The second kappa shape index (κ2) is 10.3. The Morgan fingerprint density at radius 3 is 2.39 bits per heavy atom. The van der Waals surface area contributed by atoms with E-state index >= 15 is 0 Å². The lowest BCUT2D eigenvalue weighted by molar-refractivity contribution is 0.283. The van der Waals surface area contributed by atoms with Crippen LogP contribution in [0.1, 0.15) is 25.0 Å². The molecule has 0 atom stereocenters. The Kier molecular flexibility index (Phi) is 7.21. The fourth-order valence-electron chi connectivity index (χ4n) is 2.70. The normalized spacial score (nSPS) is 10.5. The van der Waals surface area contributed by atoms with Crippen LogP contribution in [0.4, 0.5) is 17.5 Å². The van der Waals surface area contributed by atoms with Gasteiger partial charge in [0.2, 0.25) is 5.95 Å². The van der Waals surface area contributed by atoms with Gasteiger partial charge in [0.15, 0.2) is 0 Å². The monoisotopic (exact) mass is 378 g/mol. The number of aliphatic hydroxyl groups is 1. The first-order chi connectivity index (χ1) is 13.7. The second-order valence-electron chi connectivity index (χ2n) is 6.49. The maximum absolute atomic E-state index is 8.83. The van der Waals surface area contributed by atoms with Crippen molar-refractivity contribution in [3.05, 3.63) is 66.4 Å². The summed E-state index contributed by atoms with van der Waals surface area (Å²) in [6.07, 6.45) is 2.79. The first-order valence-electron chi connectivity index (χ1n) is 9.53. The van der Waals surface area contributed by atoms with Crippen LogP contribution >= 0.6 is 0 Å². The number of ether oxygens (including phenoxy) is 1. The van der Waals surface area contributed by atoms with Crippen molar-refractivity contribution in [2.24, 2.45) is 0 Å². The molecular formula is C22H26N4O2. The number of hydrogen-bond donors (Lipinski definition) is 3. The number of para-hydroxylation sites is 1. The number of aromatic nitrogens is 2. The minimum atomic E-state index is 0.240. The van der Waals surface area contributed by atoms with Gasteiger partial charge in [-0.1, -0.05) is 18.2 Å². The molecule has 0 aliphatic rings. The molecule has 28 heavy (non-hydrogen) atoms. The van der Waals surface area contributed by atoms with Crippen LogP contribution in [-0.4, -0.2) is 28.2 Å². The summed E-state index contributed by atoms with van der Waals surface area (Å²) in [7, 11) is 0. The van der Waals surface area contributed by atoms with Crippen LogP contribution in [-0.2, 0) is 0 Å². The van der Waals surface area contributed by atoms with Crippen molar-refractivity contribution in [1.29, 1.82) is 0 Å². The lowest BCUT2D eigenvalue weighted by Gasteiger charge is -2.11. The largest absolute Gasteiger partial charge is 0.457 e. The number of benzene rings is 2. The Balaban J connectivity index is 1.58. The third-order valence-electron chi connectivity index (χ3n) is 4.08. The SMILES string of the molecule is Cc1cc(Nc2ccc(Oc3ccccc3)cc2)nc(NCCCCCO)n1. The van der Waals surface area contributed by atoms with Gasteiger partial charge in [0, 0.05) is 30.6 Å². The highest BCUT2D eigenvalue weighted by atomic mass is 16.5. The third kappa shape index (κ3) is 6.25. The van der Waals surface area contributed by atoms with Crippen molar-refractivity contribution < 1.29 is 9.84 Å². The average Bonchev–Trinajstić information content (AvgIpc) is 2.70. The minimum Gasteiger partial charge on any atom is -0.457 e. The molecule has 0 unspecified atom stereocenters. The summed E-state index contributed by atoms with van der Waals surface area (Å²) in [6.45, 7) is 2.97. The summed E-state index contributed by atoms with van der Waals surface area (Å²) in [5.74, 6) is 2.93. The zero-order chi connectivity index (χ0) is 19.6. The number of unbranched alkanes of at least 4 members (excludes halogenated alkanes) is 2. The molecule has 0 amide bonds. The van der Waals surface area contributed by atoms with Crippen molar-refractivity contribution in [3.8, 4) is 11.5 Å². The van der Waals surface area contributed by atoms with Gasteiger partial charge in [0.1, 0.15) is 17.3 Å². The predicted octanol–water partition coefficient (Wildman–Crippen LogP) is 4.90. The number of hydrogen-bond acceptors (Lipinski definition) is 6. The van der Waals surface area contributed by atoms with Crippen LogP contribution in [0.2, 0.25) is 0 Å². The Morgan fingerprint density at radius 1 is 0.893 bits per heavy atom. The molecule has 6 heteroatoms. The molecule has 0 saturated heterocycles. The molecule has 0 saturated carbocycles. The number of aliphatic hydroxyl groups excluding tert-OH is 1. The van der Waals surface area contributed by atoms with Crippen molar-refractivity contribution in [1.82, 2.24) is 9.97 Å². The summed E-state index contributed by atoms with van der Waals surface area (Å²) >= 11 is 0. The van der Waals surface area contributed by atoms with Crippen LogP contribution in [0, 0.1) is 6.92 Å². The molecule has 0 radical (unpaired) electrons. The zero-order valence-electron chi connectivity index (χ0n) is 16.1. The number of aryl methyl sites for hydroxylation is 1. The van der Waals surface area contributed by atoms with E-state index in [0.29, 0.717) is 5.95 Å². The molecule has 0 spiro atoms. The van der Waals surface area contributed by atoms with Crippen LogP contribution < -0.4 is 15.4 Å². The van der Waals surface area contributed by atoms with E-state index in [9.17, 15) is 0 Å². The molecule has 1 aromatic heterocycles. The molecule has 3 aromatic rings. The van der Waals surface area contributed by atoms with Crippen LogP contribution in [0.3, 0.4) is 0 Å². The highest BCUT2D eigenvalue weighted by Gasteiger charge is 2.04. The average molecular weight is 378 g/mol. The first-order valence-corrected chi connectivity index (χ1v) is 9.53. The van der Waals surface area contributed by atoms with E-state index in [-0.39, 0.29) is 6.61 Å². The van der Waals surface area contributed by atoms with Crippen molar-refractivity contribution in [2.45, 2.75) is 26.2 Å². The Labute approximate surface area is 165 Å². The standard InChI is InChI=1S/C22H26N4O2/c1-17-16-21(26-22(24-17)23-14-6-3-7-15-27)25-18-10-12-20(13-11-18)28-19-8-4-2-5-9-19/h2,4-5,8-13,16,27H,3,6-7,14-15H2,1H3,(H2,23,24,25,26). The summed E-state index contributed by atoms with van der Waals surface area (Å²) in [4.78, 5) is 8.95. The van der Waals surface area contributed by atoms with Gasteiger partial charge in [-0.25, -0.2) is 4.98 Å². The van der Waals surface area contributed by atoms with E-state index in [2.05, 4.69) is 20.6 Å². The van der Waals surface area contributed by atoms with Gasteiger partial charge in [0.05, 0.1) is 0 Å². The third-order valence-corrected chi connectivity index (χ3v) is 4.08. The number of nitrogens with zero attached hydrogens (tertiary/aromatic N) is 2. The van der Waals surface area contributed by atoms with Crippen LogP contribution in [0.5, 0.6) is 11.5 Å².